The molecule has 1 aliphatic carbocycles. The maximum atomic E-state index is 10.8. The Balaban J connectivity index is 1.97. The van der Waals surface area contributed by atoms with E-state index in [1.54, 1.807) is 6.07 Å². The molecule has 0 heterocycles. The van der Waals surface area contributed by atoms with Crippen LogP contribution in [0.15, 0.2) is 22.7 Å². The van der Waals surface area contributed by atoms with Crippen LogP contribution in [0.3, 0.4) is 0 Å². The number of rotatable bonds is 5. The molecule has 15 heavy (non-hydrogen) atoms. The van der Waals surface area contributed by atoms with Crippen molar-refractivity contribution in [2.75, 3.05) is 6.61 Å². The minimum Gasteiger partial charge on any atom is -0.493 e. The molecule has 0 saturated heterocycles. The third-order valence-corrected chi connectivity index (χ3v) is 3.08. The summed E-state index contributed by atoms with van der Waals surface area (Å²) >= 11 is 3.36. The minimum atomic E-state index is 0.619. The lowest BCUT2D eigenvalue weighted by molar-refractivity contribution is 0.111. The molecular formula is C12H13BrO2. The summed E-state index contributed by atoms with van der Waals surface area (Å²) in [4.78, 5) is 10.8. The summed E-state index contributed by atoms with van der Waals surface area (Å²) < 4.78 is 6.54. The molecule has 0 spiro atoms. The summed E-state index contributed by atoms with van der Waals surface area (Å²) in [6.45, 7) is 0.710. The number of benzene rings is 1. The highest BCUT2D eigenvalue weighted by Crippen LogP contribution is 2.32. The first-order valence-electron chi connectivity index (χ1n) is 5.17. The highest BCUT2D eigenvalue weighted by Gasteiger charge is 2.20. The summed E-state index contributed by atoms with van der Waals surface area (Å²) in [5, 5.41) is 0. The summed E-state index contributed by atoms with van der Waals surface area (Å²) in [7, 11) is 0. The number of hydrogen-bond acceptors (Lipinski definition) is 2. The average molecular weight is 269 g/mol. The predicted molar refractivity (Wildman–Crippen MR) is 62.4 cm³/mol. The number of aldehydes is 1. The van der Waals surface area contributed by atoms with Crippen molar-refractivity contribution in [2.45, 2.75) is 19.3 Å². The van der Waals surface area contributed by atoms with Crippen LogP contribution in [-0.4, -0.2) is 12.9 Å². The molecule has 0 bridgehead atoms. The standard InChI is InChI=1S/C12H13BrO2/c13-11-4-3-10(8-14)12(7-11)15-6-5-9-1-2-9/h3-4,7-9H,1-2,5-6H2. The fourth-order valence-electron chi connectivity index (χ4n) is 1.47. The second-order valence-corrected chi connectivity index (χ2v) is 4.80. The van der Waals surface area contributed by atoms with Gasteiger partial charge in [0.1, 0.15) is 5.75 Å². The second kappa shape index (κ2) is 4.79. The molecule has 2 rings (SSSR count). The number of carbonyl (C=O) groups excluding carboxylic acids is 1. The van der Waals surface area contributed by atoms with Crippen LogP contribution < -0.4 is 4.74 Å². The molecule has 80 valence electrons. The van der Waals surface area contributed by atoms with Crippen molar-refractivity contribution in [2.24, 2.45) is 5.92 Å². The molecule has 0 aromatic heterocycles. The van der Waals surface area contributed by atoms with Gasteiger partial charge in [0, 0.05) is 4.47 Å². The van der Waals surface area contributed by atoms with E-state index in [1.165, 1.54) is 12.8 Å². The summed E-state index contributed by atoms with van der Waals surface area (Å²) in [5.74, 6) is 1.54. The summed E-state index contributed by atoms with van der Waals surface area (Å²) in [6, 6.07) is 5.46. The van der Waals surface area contributed by atoms with E-state index in [2.05, 4.69) is 15.9 Å². The third-order valence-electron chi connectivity index (χ3n) is 2.58. The summed E-state index contributed by atoms with van der Waals surface area (Å²) in [5.41, 5.74) is 0.619. The molecule has 1 saturated carbocycles. The Morgan fingerprint density at radius 1 is 1.47 bits per heavy atom. The van der Waals surface area contributed by atoms with E-state index in [-0.39, 0.29) is 0 Å². The molecule has 0 unspecified atom stereocenters. The van der Waals surface area contributed by atoms with Crippen molar-refractivity contribution in [1.29, 1.82) is 0 Å². The average Bonchev–Trinajstić information content (AvgIpc) is 3.02. The molecule has 1 aromatic carbocycles. The molecule has 0 N–H and O–H groups in total. The lowest BCUT2D eigenvalue weighted by Gasteiger charge is -2.08. The molecule has 0 atom stereocenters. The largest absolute Gasteiger partial charge is 0.493 e. The molecule has 0 amide bonds. The highest BCUT2D eigenvalue weighted by molar-refractivity contribution is 9.10. The molecule has 1 aromatic rings. The minimum absolute atomic E-state index is 0.619. The molecule has 0 radical (unpaired) electrons. The first-order valence-corrected chi connectivity index (χ1v) is 5.96. The monoisotopic (exact) mass is 268 g/mol. The van der Waals surface area contributed by atoms with Crippen LogP contribution in [0.5, 0.6) is 5.75 Å². The van der Waals surface area contributed by atoms with Gasteiger partial charge in [0.25, 0.3) is 0 Å². The Kier molecular flexibility index (Phi) is 3.41. The van der Waals surface area contributed by atoms with Gasteiger partial charge in [0.2, 0.25) is 0 Å². The molecular weight excluding hydrogens is 256 g/mol. The van der Waals surface area contributed by atoms with Gasteiger partial charge in [-0.25, -0.2) is 0 Å². The highest BCUT2D eigenvalue weighted by atomic mass is 79.9. The number of ether oxygens (including phenoxy) is 1. The van der Waals surface area contributed by atoms with E-state index >= 15 is 0 Å². The zero-order chi connectivity index (χ0) is 10.7. The van der Waals surface area contributed by atoms with Crippen molar-refractivity contribution < 1.29 is 9.53 Å². The van der Waals surface area contributed by atoms with Gasteiger partial charge in [0.15, 0.2) is 6.29 Å². The van der Waals surface area contributed by atoms with Gasteiger partial charge in [-0.05, 0) is 30.5 Å². The number of carbonyl (C=O) groups is 1. The van der Waals surface area contributed by atoms with Crippen LogP contribution in [0.1, 0.15) is 29.6 Å². The van der Waals surface area contributed by atoms with Gasteiger partial charge < -0.3 is 4.74 Å². The molecule has 3 heteroatoms. The second-order valence-electron chi connectivity index (χ2n) is 3.88. The lowest BCUT2D eigenvalue weighted by atomic mass is 10.2. The van der Waals surface area contributed by atoms with Crippen molar-refractivity contribution in [3.8, 4) is 5.75 Å². The fourth-order valence-corrected chi connectivity index (χ4v) is 1.81. The fraction of sp³-hybridized carbons (Fsp3) is 0.417. The van der Waals surface area contributed by atoms with Crippen molar-refractivity contribution in [3.05, 3.63) is 28.2 Å². The van der Waals surface area contributed by atoms with Gasteiger partial charge in [-0.15, -0.1) is 0 Å². The molecule has 2 nitrogen and oxygen atoms in total. The maximum Gasteiger partial charge on any atom is 0.153 e. The Labute approximate surface area is 97.8 Å². The molecule has 1 fully saturated rings. The smallest absolute Gasteiger partial charge is 0.153 e. The van der Waals surface area contributed by atoms with Gasteiger partial charge in [-0.1, -0.05) is 28.8 Å². The van der Waals surface area contributed by atoms with E-state index in [0.29, 0.717) is 17.9 Å². The van der Waals surface area contributed by atoms with E-state index in [1.807, 2.05) is 12.1 Å². The Bertz CT molecular complexity index is 359. The van der Waals surface area contributed by atoms with E-state index in [4.69, 9.17) is 4.74 Å². The van der Waals surface area contributed by atoms with Crippen LogP contribution in [0.2, 0.25) is 0 Å². The first-order chi connectivity index (χ1) is 7.29. The number of hydrogen-bond donors (Lipinski definition) is 0. The van der Waals surface area contributed by atoms with Crippen LogP contribution in [-0.2, 0) is 0 Å². The Hall–Kier alpha value is -0.830. The van der Waals surface area contributed by atoms with Crippen molar-refractivity contribution in [1.82, 2.24) is 0 Å². The van der Waals surface area contributed by atoms with Crippen molar-refractivity contribution >= 4 is 22.2 Å². The SMILES string of the molecule is O=Cc1ccc(Br)cc1OCCC1CC1. The quantitative estimate of drug-likeness (QED) is 0.765. The Morgan fingerprint density at radius 2 is 2.27 bits per heavy atom. The van der Waals surface area contributed by atoms with Crippen molar-refractivity contribution in [3.63, 3.8) is 0 Å². The normalized spacial score (nSPS) is 15.0. The van der Waals surface area contributed by atoms with Gasteiger partial charge in [-0.3, -0.25) is 4.79 Å². The van der Waals surface area contributed by atoms with Crippen LogP contribution >= 0.6 is 15.9 Å². The van der Waals surface area contributed by atoms with Gasteiger partial charge in [0.05, 0.1) is 12.2 Å². The summed E-state index contributed by atoms with van der Waals surface area (Å²) in [6.07, 6.45) is 4.61. The van der Waals surface area contributed by atoms with Crippen LogP contribution in [0.4, 0.5) is 0 Å². The molecule has 1 aliphatic rings. The lowest BCUT2D eigenvalue weighted by Crippen LogP contribution is -2.00. The maximum absolute atomic E-state index is 10.8. The van der Waals surface area contributed by atoms with E-state index < -0.39 is 0 Å². The zero-order valence-electron chi connectivity index (χ0n) is 8.41. The van der Waals surface area contributed by atoms with Gasteiger partial charge in [-0.2, -0.15) is 0 Å². The third kappa shape index (κ3) is 3.06. The first kappa shape index (κ1) is 10.7. The topological polar surface area (TPSA) is 26.3 Å². The van der Waals surface area contributed by atoms with Crippen LogP contribution in [0.25, 0.3) is 0 Å². The molecule has 0 aliphatic heterocycles. The van der Waals surface area contributed by atoms with E-state index in [9.17, 15) is 4.79 Å². The number of halogens is 1. The van der Waals surface area contributed by atoms with E-state index in [0.717, 1.165) is 23.1 Å². The predicted octanol–water partition coefficient (Wildman–Crippen LogP) is 3.44. The Morgan fingerprint density at radius 3 is 2.93 bits per heavy atom. The zero-order valence-corrected chi connectivity index (χ0v) is 10.00. The van der Waals surface area contributed by atoms with Crippen LogP contribution in [0, 0.1) is 5.92 Å². The van der Waals surface area contributed by atoms with Gasteiger partial charge >= 0.3 is 0 Å².